The molecule has 0 saturated carbocycles. The van der Waals surface area contributed by atoms with Crippen molar-refractivity contribution in [3.05, 3.63) is 29.8 Å². The molecule has 0 bridgehead atoms. The lowest BCUT2D eigenvalue weighted by molar-refractivity contribution is -0.139. The third kappa shape index (κ3) is 3.36. The van der Waals surface area contributed by atoms with Gasteiger partial charge in [-0.05, 0) is 10.4 Å². The molecule has 4 rings (SSSR count). The summed E-state index contributed by atoms with van der Waals surface area (Å²) in [5, 5.41) is 12.7. The van der Waals surface area contributed by atoms with Crippen molar-refractivity contribution in [2.75, 3.05) is 26.2 Å². The van der Waals surface area contributed by atoms with Crippen LogP contribution in [0.3, 0.4) is 0 Å². The van der Waals surface area contributed by atoms with Crippen molar-refractivity contribution in [2.24, 2.45) is 0 Å². The van der Waals surface area contributed by atoms with E-state index in [-0.39, 0.29) is 24.8 Å². The van der Waals surface area contributed by atoms with E-state index in [2.05, 4.69) is 20.5 Å². The molecule has 0 unspecified atom stereocenters. The van der Waals surface area contributed by atoms with Crippen LogP contribution in [-0.2, 0) is 22.6 Å². The second-order valence-corrected chi connectivity index (χ2v) is 6.64. The zero-order valence-electron chi connectivity index (χ0n) is 13.4. The summed E-state index contributed by atoms with van der Waals surface area (Å²) >= 11 is 1.54. The van der Waals surface area contributed by atoms with Gasteiger partial charge in [-0.15, -0.1) is 16.4 Å². The minimum Gasteiger partial charge on any atom is -0.339 e. The molecule has 0 radical (unpaired) electrons. The molecular formula is C14H16N8O2S. The summed E-state index contributed by atoms with van der Waals surface area (Å²) in [6, 6.07) is 0. The average molecular weight is 360 g/mol. The summed E-state index contributed by atoms with van der Waals surface area (Å²) in [6.07, 6.45) is 5.51. The van der Waals surface area contributed by atoms with Gasteiger partial charge in [0.25, 0.3) is 0 Å². The topological polar surface area (TPSA) is 102 Å². The van der Waals surface area contributed by atoms with Crippen LogP contribution in [0.15, 0.2) is 24.1 Å². The number of hydrogen-bond donors (Lipinski definition) is 0. The molecule has 0 atom stereocenters. The predicted molar refractivity (Wildman–Crippen MR) is 87.8 cm³/mol. The molecule has 0 N–H and O–H groups in total. The number of nitrogens with zero attached hydrogens (tertiary/aromatic N) is 8. The molecule has 3 aromatic rings. The minimum absolute atomic E-state index is 0.0401. The van der Waals surface area contributed by atoms with Gasteiger partial charge in [0.05, 0.1) is 12.1 Å². The number of piperazine rings is 1. The highest BCUT2D eigenvalue weighted by atomic mass is 32.1. The lowest BCUT2D eigenvalue weighted by atomic mass is 10.2. The number of amides is 2. The van der Waals surface area contributed by atoms with E-state index in [0.29, 0.717) is 26.2 Å². The van der Waals surface area contributed by atoms with Crippen LogP contribution in [0.25, 0.3) is 4.96 Å². The quantitative estimate of drug-likeness (QED) is 0.609. The Hall–Kier alpha value is -2.82. The highest BCUT2D eigenvalue weighted by Crippen LogP contribution is 2.13. The Morgan fingerprint density at radius 3 is 2.56 bits per heavy atom. The number of carbonyl (C=O) groups is 2. The normalized spacial score (nSPS) is 15.0. The highest BCUT2D eigenvalue weighted by Gasteiger charge is 2.25. The first-order valence-corrected chi connectivity index (χ1v) is 8.74. The first-order valence-electron chi connectivity index (χ1n) is 7.86. The number of aromatic nitrogens is 6. The Morgan fingerprint density at radius 1 is 1.12 bits per heavy atom. The van der Waals surface area contributed by atoms with Crippen LogP contribution in [-0.4, -0.2) is 77.4 Å². The van der Waals surface area contributed by atoms with Crippen molar-refractivity contribution in [1.82, 2.24) is 39.4 Å². The third-order valence-electron chi connectivity index (χ3n) is 4.15. The molecule has 0 aromatic carbocycles. The fraction of sp³-hybridized carbons (Fsp3) is 0.429. The van der Waals surface area contributed by atoms with Crippen LogP contribution in [0.4, 0.5) is 0 Å². The Kier molecular flexibility index (Phi) is 4.14. The van der Waals surface area contributed by atoms with Gasteiger partial charge in [0, 0.05) is 44.0 Å². The number of rotatable bonds is 4. The predicted octanol–water partition coefficient (Wildman–Crippen LogP) is -0.704. The van der Waals surface area contributed by atoms with Crippen LogP contribution >= 0.6 is 11.3 Å². The van der Waals surface area contributed by atoms with Gasteiger partial charge in [-0.2, -0.15) is 0 Å². The Bertz CT molecular complexity index is 849. The molecule has 3 aromatic heterocycles. The summed E-state index contributed by atoms with van der Waals surface area (Å²) in [6.45, 7) is 2.22. The van der Waals surface area contributed by atoms with Crippen LogP contribution in [0.1, 0.15) is 5.69 Å². The fourth-order valence-corrected chi connectivity index (χ4v) is 3.54. The van der Waals surface area contributed by atoms with E-state index in [9.17, 15) is 9.59 Å². The van der Waals surface area contributed by atoms with Crippen molar-refractivity contribution in [3.63, 3.8) is 0 Å². The molecule has 0 aliphatic carbocycles. The molecule has 11 heteroatoms. The molecule has 4 heterocycles. The number of imidazole rings is 1. The van der Waals surface area contributed by atoms with Gasteiger partial charge in [-0.1, -0.05) is 0 Å². The van der Waals surface area contributed by atoms with Gasteiger partial charge in [0.2, 0.25) is 11.8 Å². The largest absolute Gasteiger partial charge is 0.339 e. The summed E-state index contributed by atoms with van der Waals surface area (Å²) in [5.41, 5.74) is 0.772. The maximum absolute atomic E-state index is 12.4. The average Bonchev–Trinajstić information content (AvgIpc) is 3.32. The van der Waals surface area contributed by atoms with E-state index < -0.39 is 0 Å². The fourth-order valence-electron chi connectivity index (χ4n) is 2.82. The van der Waals surface area contributed by atoms with Gasteiger partial charge in [0.15, 0.2) is 4.96 Å². The number of tetrazole rings is 1. The van der Waals surface area contributed by atoms with Crippen LogP contribution in [0.2, 0.25) is 0 Å². The monoisotopic (exact) mass is 360 g/mol. The molecule has 25 heavy (non-hydrogen) atoms. The van der Waals surface area contributed by atoms with Gasteiger partial charge in [-0.3, -0.25) is 14.0 Å². The van der Waals surface area contributed by atoms with E-state index in [1.165, 1.54) is 11.0 Å². The van der Waals surface area contributed by atoms with Crippen LogP contribution < -0.4 is 0 Å². The first-order chi connectivity index (χ1) is 12.2. The van der Waals surface area contributed by atoms with E-state index >= 15 is 0 Å². The van der Waals surface area contributed by atoms with Crippen molar-refractivity contribution in [1.29, 1.82) is 0 Å². The highest BCUT2D eigenvalue weighted by molar-refractivity contribution is 7.15. The second kappa shape index (κ2) is 6.59. The Balaban J connectivity index is 1.29. The molecule has 1 saturated heterocycles. The van der Waals surface area contributed by atoms with Crippen molar-refractivity contribution < 1.29 is 9.59 Å². The van der Waals surface area contributed by atoms with Crippen molar-refractivity contribution in [2.45, 2.75) is 13.0 Å². The van der Waals surface area contributed by atoms with Gasteiger partial charge in [0.1, 0.15) is 12.9 Å². The zero-order valence-corrected chi connectivity index (χ0v) is 14.2. The number of fused-ring (bicyclic) bond motifs is 1. The maximum Gasteiger partial charge on any atom is 0.244 e. The zero-order chi connectivity index (χ0) is 17.2. The van der Waals surface area contributed by atoms with Crippen molar-refractivity contribution >= 4 is 28.1 Å². The third-order valence-corrected chi connectivity index (χ3v) is 4.92. The van der Waals surface area contributed by atoms with E-state index in [0.717, 1.165) is 10.7 Å². The number of carbonyl (C=O) groups excluding carboxylic acids is 2. The molecule has 0 spiro atoms. The minimum atomic E-state index is -0.0475. The molecule has 1 aliphatic heterocycles. The summed E-state index contributed by atoms with van der Waals surface area (Å²) in [7, 11) is 0. The smallest absolute Gasteiger partial charge is 0.244 e. The lowest BCUT2D eigenvalue weighted by Crippen LogP contribution is -2.51. The van der Waals surface area contributed by atoms with E-state index in [1.807, 2.05) is 22.2 Å². The van der Waals surface area contributed by atoms with E-state index in [1.54, 1.807) is 21.1 Å². The van der Waals surface area contributed by atoms with Crippen molar-refractivity contribution in [3.8, 4) is 0 Å². The standard InChI is InChI=1S/C14H16N8O2S/c23-12(7-11-8-21-5-6-25-14(21)16-11)19-1-3-20(4-2-19)13(24)9-22-10-15-17-18-22/h5-6,8,10H,1-4,7,9H2. The van der Waals surface area contributed by atoms with Crippen LogP contribution in [0.5, 0.6) is 0 Å². The lowest BCUT2D eigenvalue weighted by Gasteiger charge is -2.34. The molecule has 1 fully saturated rings. The summed E-state index contributed by atoms with van der Waals surface area (Å²) in [4.78, 5) is 33.5. The van der Waals surface area contributed by atoms with E-state index in [4.69, 9.17) is 0 Å². The summed E-state index contributed by atoms with van der Waals surface area (Å²) < 4.78 is 3.31. The van der Waals surface area contributed by atoms with Crippen LogP contribution in [0, 0.1) is 0 Å². The molecule has 1 aliphatic rings. The Morgan fingerprint density at radius 2 is 1.88 bits per heavy atom. The maximum atomic E-state index is 12.4. The van der Waals surface area contributed by atoms with Gasteiger partial charge in [-0.25, -0.2) is 9.67 Å². The molecular weight excluding hydrogens is 344 g/mol. The van der Waals surface area contributed by atoms with Gasteiger partial charge < -0.3 is 9.80 Å². The molecule has 130 valence electrons. The van der Waals surface area contributed by atoms with Gasteiger partial charge >= 0.3 is 0 Å². The second-order valence-electron chi connectivity index (χ2n) is 5.77. The number of thiazole rings is 1. The molecule has 10 nitrogen and oxygen atoms in total. The number of hydrogen-bond acceptors (Lipinski definition) is 7. The molecule has 2 amide bonds. The Labute approximate surface area is 146 Å². The SMILES string of the molecule is O=C(Cc1cn2ccsc2n1)N1CCN(C(=O)Cn2cnnn2)CC1. The summed E-state index contributed by atoms with van der Waals surface area (Å²) in [5.74, 6) is -0.00735. The first kappa shape index (κ1) is 15.7.